The first-order valence-electron chi connectivity index (χ1n) is 11.2. The molecule has 0 radical (unpaired) electrons. The zero-order valence-electron chi connectivity index (χ0n) is 19.9. The van der Waals surface area contributed by atoms with E-state index in [-0.39, 0.29) is 5.91 Å². The van der Waals surface area contributed by atoms with Crippen LogP contribution in [0.5, 0.6) is 11.5 Å². The Bertz CT molecular complexity index is 1380. The van der Waals surface area contributed by atoms with Gasteiger partial charge in [-0.1, -0.05) is 53.5 Å². The van der Waals surface area contributed by atoms with E-state index >= 15 is 0 Å². The van der Waals surface area contributed by atoms with Crippen LogP contribution in [-0.2, 0) is 17.9 Å². The highest BCUT2D eigenvalue weighted by molar-refractivity contribution is 6.42. The Kier molecular flexibility index (Phi) is 8.31. The molecule has 0 bridgehead atoms. The largest absolute Gasteiger partial charge is 0.496 e. The van der Waals surface area contributed by atoms with Crippen LogP contribution in [0, 0.1) is 6.92 Å². The second-order valence-electron chi connectivity index (χ2n) is 8.07. The van der Waals surface area contributed by atoms with Gasteiger partial charge in [-0.3, -0.25) is 9.48 Å². The van der Waals surface area contributed by atoms with Gasteiger partial charge in [-0.05, 0) is 60.5 Å². The summed E-state index contributed by atoms with van der Waals surface area (Å²) in [5.74, 6) is 1.67. The summed E-state index contributed by atoms with van der Waals surface area (Å²) in [6, 6.07) is 22.5. The number of rotatable bonds is 9. The first-order chi connectivity index (χ1) is 17.4. The predicted octanol–water partition coefficient (Wildman–Crippen LogP) is 6.79. The molecule has 6 nitrogen and oxygen atoms in total. The van der Waals surface area contributed by atoms with Gasteiger partial charge in [0, 0.05) is 23.4 Å². The van der Waals surface area contributed by atoms with Crippen LogP contribution in [0.3, 0.4) is 0 Å². The summed E-state index contributed by atoms with van der Waals surface area (Å²) in [7, 11) is 1.62. The van der Waals surface area contributed by atoms with E-state index in [9.17, 15) is 4.79 Å². The van der Waals surface area contributed by atoms with E-state index in [1.807, 2.05) is 67.6 Å². The second-order valence-corrected chi connectivity index (χ2v) is 8.89. The lowest BCUT2D eigenvalue weighted by Crippen LogP contribution is -2.09. The van der Waals surface area contributed by atoms with Gasteiger partial charge in [0.1, 0.15) is 18.1 Å². The van der Waals surface area contributed by atoms with Gasteiger partial charge in [0.05, 0.1) is 23.7 Å². The van der Waals surface area contributed by atoms with E-state index < -0.39 is 0 Å². The molecule has 0 aliphatic heterocycles. The predicted molar refractivity (Wildman–Crippen MR) is 144 cm³/mol. The minimum absolute atomic E-state index is 0.285. The Hall–Kier alpha value is -3.74. The van der Waals surface area contributed by atoms with E-state index in [0.29, 0.717) is 29.0 Å². The number of hydrogen-bond acceptors (Lipinski definition) is 4. The average Bonchev–Trinajstić information content (AvgIpc) is 3.22. The number of aromatic nitrogens is 2. The Morgan fingerprint density at radius 1 is 1.03 bits per heavy atom. The Morgan fingerprint density at radius 2 is 1.83 bits per heavy atom. The maximum atomic E-state index is 12.5. The van der Waals surface area contributed by atoms with Crippen LogP contribution in [-0.4, -0.2) is 22.8 Å². The topological polar surface area (TPSA) is 65.4 Å². The molecule has 0 atom stereocenters. The lowest BCUT2D eigenvalue weighted by molar-refractivity contribution is -0.111. The van der Waals surface area contributed by atoms with Gasteiger partial charge >= 0.3 is 0 Å². The molecule has 3 aromatic carbocycles. The van der Waals surface area contributed by atoms with Gasteiger partial charge in [0.15, 0.2) is 5.82 Å². The normalized spacial score (nSPS) is 11.0. The molecule has 1 aromatic heterocycles. The van der Waals surface area contributed by atoms with Gasteiger partial charge in [-0.25, -0.2) is 0 Å². The number of methoxy groups -OCH3 is 1. The number of ether oxygens (including phenoxy) is 2. The molecule has 0 spiro atoms. The van der Waals surface area contributed by atoms with Crippen molar-refractivity contribution in [1.29, 1.82) is 0 Å². The number of aryl methyl sites for hydroxylation is 1. The van der Waals surface area contributed by atoms with E-state index in [1.54, 1.807) is 30.0 Å². The smallest absolute Gasteiger partial charge is 0.249 e. The number of amides is 1. The molecule has 1 N–H and O–H groups in total. The number of benzene rings is 3. The van der Waals surface area contributed by atoms with Gasteiger partial charge in [-0.15, -0.1) is 0 Å². The van der Waals surface area contributed by atoms with E-state index in [1.165, 1.54) is 6.08 Å². The third-order valence-electron chi connectivity index (χ3n) is 5.42. The fourth-order valence-corrected chi connectivity index (χ4v) is 3.90. The van der Waals surface area contributed by atoms with E-state index in [4.69, 9.17) is 32.7 Å². The number of nitrogens with one attached hydrogen (secondary N) is 1. The third-order valence-corrected chi connectivity index (χ3v) is 6.16. The fourth-order valence-electron chi connectivity index (χ4n) is 3.57. The minimum Gasteiger partial charge on any atom is -0.496 e. The minimum atomic E-state index is -0.285. The SMILES string of the molecule is COc1ccc(/C=C/C(=O)Nc2cc(C)n(Cc3ccc(Cl)c(Cl)c3)n2)cc1COc1ccccc1. The van der Waals surface area contributed by atoms with Gasteiger partial charge in [-0.2, -0.15) is 5.10 Å². The number of anilines is 1. The van der Waals surface area contributed by atoms with E-state index in [2.05, 4.69) is 10.4 Å². The van der Waals surface area contributed by atoms with Crippen LogP contribution in [0.4, 0.5) is 5.82 Å². The maximum absolute atomic E-state index is 12.5. The quantitative estimate of drug-likeness (QED) is 0.246. The molecule has 4 rings (SSSR count). The second kappa shape index (κ2) is 11.8. The molecular weight excluding hydrogens is 497 g/mol. The van der Waals surface area contributed by atoms with Gasteiger partial charge in [0.2, 0.25) is 5.91 Å². The van der Waals surface area contributed by atoms with Crippen molar-refractivity contribution in [3.63, 3.8) is 0 Å². The fraction of sp³-hybridized carbons (Fsp3) is 0.143. The van der Waals surface area contributed by atoms with E-state index in [0.717, 1.165) is 33.9 Å². The molecule has 0 aliphatic carbocycles. The van der Waals surface area contributed by atoms with Crippen LogP contribution in [0.15, 0.2) is 78.9 Å². The van der Waals surface area contributed by atoms with Crippen molar-refractivity contribution in [3.05, 3.63) is 111 Å². The molecule has 1 amide bonds. The van der Waals surface area contributed by atoms with Crippen LogP contribution in [0.1, 0.15) is 22.4 Å². The molecule has 8 heteroatoms. The summed E-state index contributed by atoms with van der Waals surface area (Å²) >= 11 is 12.1. The summed E-state index contributed by atoms with van der Waals surface area (Å²) in [5, 5.41) is 8.29. The summed E-state index contributed by atoms with van der Waals surface area (Å²) in [4.78, 5) is 12.5. The highest BCUT2D eigenvalue weighted by atomic mass is 35.5. The lowest BCUT2D eigenvalue weighted by Gasteiger charge is -2.11. The number of para-hydroxylation sites is 1. The van der Waals surface area contributed by atoms with Crippen LogP contribution in [0.2, 0.25) is 10.0 Å². The van der Waals surface area contributed by atoms with Crippen molar-refractivity contribution >= 4 is 41.0 Å². The zero-order chi connectivity index (χ0) is 25.5. The third kappa shape index (κ3) is 6.68. The molecule has 0 saturated carbocycles. The van der Waals surface area contributed by atoms with Crippen molar-refractivity contribution < 1.29 is 14.3 Å². The van der Waals surface area contributed by atoms with Crippen molar-refractivity contribution in [2.45, 2.75) is 20.1 Å². The van der Waals surface area contributed by atoms with Crippen molar-refractivity contribution in [3.8, 4) is 11.5 Å². The van der Waals surface area contributed by atoms with Crippen LogP contribution < -0.4 is 14.8 Å². The average molecular weight is 522 g/mol. The standard InChI is InChI=1S/C28H25Cl2N3O3/c1-19-14-27(32-33(19)17-21-8-11-24(29)25(30)16-21)31-28(34)13-10-20-9-12-26(35-2)22(15-20)18-36-23-6-4-3-5-7-23/h3-16H,17-18H2,1-2H3,(H,31,32,34)/b13-10+. The number of carbonyl (C=O) groups is 1. The summed E-state index contributed by atoms with van der Waals surface area (Å²) in [6.07, 6.45) is 3.21. The summed E-state index contributed by atoms with van der Waals surface area (Å²) in [6.45, 7) is 2.77. The lowest BCUT2D eigenvalue weighted by atomic mass is 10.1. The number of halogens is 2. The first kappa shape index (κ1) is 25.4. The zero-order valence-corrected chi connectivity index (χ0v) is 21.4. The number of nitrogens with zero attached hydrogens (tertiary/aromatic N) is 2. The Labute approximate surface area is 220 Å². The number of hydrogen-bond donors (Lipinski definition) is 1. The maximum Gasteiger partial charge on any atom is 0.249 e. The number of carbonyl (C=O) groups excluding carboxylic acids is 1. The van der Waals surface area contributed by atoms with Crippen LogP contribution >= 0.6 is 23.2 Å². The van der Waals surface area contributed by atoms with Crippen molar-refractivity contribution in [2.75, 3.05) is 12.4 Å². The molecule has 0 saturated heterocycles. The first-order valence-corrected chi connectivity index (χ1v) is 12.0. The molecule has 0 aliphatic rings. The van der Waals surface area contributed by atoms with Crippen LogP contribution in [0.25, 0.3) is 6.08 Å². The molecule has 0 unspecified atom stereocenters. The molecule has 4 aromatic rings. The monoisotopic (exact) mass is 521 g/mol. The Morgan fingerprint density at radius 3 is 2.58 bits per heavy atom. The Balaban J connectivity index is 1.39. The molecular formula is C28H25Cl2N3O3. The molecule has 0 fully saturated rings. The van der Waals surface area contributed by atoms with Crippen molar-refractivity contribution in [1.82, 2.24) is 9.78 Å². The highest BCUT2D eigenvalue weighted by Crippen LogP contribution is 2.24. The summed E-state index contributed by atoms with van der Waals surface area (Å²) < 4.78 is 13.1. The highest BCUT2D eigenvalue weighted by Gasteiger charge is 2.09. The molecule has 1 heterocycles. The summed E-state index contributed by atoms with van der Waals surface area (Å²) in [5.41, 5.74) is 3.58. The van der Waals surface area contributed by atoms with Crippen molar-refractivity contribution in [2.24, 2.45) is 0 Å². The molecule has 36 heavy (non-hydrogen) atoms. The molecule has 184 valence electrons. The van der Waals surface area contributed by atoms with Gasteiger partial charge in [0.25, 0.3) is 0 Å². The van der Waals surface area contributed by atoms with Gasteiger partial charge < -0.3 is 14.8 Å².